The van der Waals surface area contributed by atoms with Crippen molar-refractivity contribution in [2.24, 2.45) is 46.4 Å². The van der Waals surface area contributed by atoms with E-state index in [0.29, 0.717) is 26.1 Å². The summed E-state index contributed by atoms with van der Waals surface area (Å²) in [6.45, 7) is 10.6. The number of carboxylic acid groups (broad SMARTS) is 6. The lowest BCUT2D eigenvalue weighted by atomic mass is 9.91. The Morgan fingerprint density at radius 1 is 0.690 bits per heavy atom. The maximum absolute atomic E-state index is 11.4. The van der Waals surface area contributed by atoms with Crippen LogP contribution in [0.3, 0.4) is 0 Å². The molecule has 7 atom stereocenters. The maximum atomic E-state index is 11.4. The van der Waals surface area contributed by atoms with E-state index in [4.69, 9.17) is 58.9 Å². The summed E-state index contributed by atoms with van der Waals surface area (Å²) in [5.74, 6) is -4.15. The Bertz CT molecular complexity index is 1150. The molecular formula is C39H78N6O13. The number of hydrogen-bond donors (Lipinski definition) is 12. The second-order valence-corrected chi connectivity index (χ2v) is 15.9. The number of aliphatic carboxylic acids is 6. The van der Waals surface area contributed by atoms with E-state index in [1.54, 1.807) is 6.92 Å². The van der Waals surface area contributed by atoms with E-state index in [1.165, 1.54) is 25.7 Å². The first-order valence-electron chi connectivity index (χ1n) is 20.3. The van der Waals surface area contributed by atoms with Gasteiger partial charge in [-0.2, -0.15) is 0 Å². The normalized spacial score (nSPS) is 18.4. The van der Waals surface area contributed by atoms with Crippen molar-refractivity contribution in [1.29, 1.82) is 0 Å². The molecular weight excluding hydrogens is 760 g/mol. The van der Waals surface area contributed by atoms with Gasteiger partial charge in [0.1, 0.15) is 6.04 Å². The highest BCUT2D eigenvalue weighted by molar-refractivity contribution is 5.74. The molecule has 2 fully saturated rings. The van der Waals surface area contributed by atoms with Crippen molar-refractivity contribution in [2.45, 2.75) is 180 Å². The van der Waals surface area contributed by atoms with E-state index in [9.17, 15) is 33.9 Å². The fourth-order valence-corrected chi connectivity index (χ4v) is 6.27. The van der Waals surface area contributed by atoms with Gasteiger partial charge in [0.25, 0.3) is 0 Å². The van der Waals surface area contributed by atoms with Gasteiger partial charge in [-0.15, -0.1) is 0 Å². The molecule has 7 unspecified atom stereocenters. The summed E-state index contributed by atoms with van der Waals surface area (Å²) in [4.78, 5) is 62.4. The van der Waals surface area contributed by atoms with Gasteiger partial charge in [0, 0.05) is 37.4 Å². The predicted molar refractivity (Wildman–Crippen MR) is 220 cm³/mol. The van der Waals surface area contributed by atoms with E-state index in [2.05, 4.69) is 5.32 Å². The molecule has 2 aliphatic rings. The minimum absolute atomic E-state index is 0.0556. The summed E-state index contributed by atoms with van der Waals surface area (Å²) in [7, 11) is 0. The van der Waals surface area contributed by atoms with Crippen molar-refractivity contribution >= 4 is 35.8 Å². The molecule has 0 aromatic rings. The van der Waals surface area contributed by atoms with Crippen LogP contribution in [-0.4, -0.2) is 116 Å². The molecule has 0 aromatic heterocycles. The molecule has 58 heavy (non-hydrogen) atoms. The molecule has 19 heteroatoms. The molecule has 0 aromatic carbocycles. The Hall–Kier alpha value is -3.46. The molecule has 0 spiro atoms. The molecule has 19 nitrogen and oxygen atoms in total. The summed E-state index contributed by atoms with van der Waals surface area (Å²) in [6, 6.07) is -1.56. The van der Waals surface area contributed by atoms with Crippen molar-refractivity contribution in [1.82, 2.24) is 5.32 Å². The van der Waals surface area contributed by atoms with Gasteiger partial charge >= 0.3 is 35.8 Å². The lowest BCUT2D eigenvalue weighted by Gasteiger charge is -2.34. The van der Waals surface area contributed by atoms with Gasteiger partial charge in [-0.25, -0.2) is 0 Å². The SMILES string of the molecule is CC(C)CC(N)(CC(=O)O)NC(CC1CCOC1)C(=O)O.CC(N)CC(=O)O.CCC(N)CC(=O)O.CCCC(N)CC(=O)O.NC(CCC1CCCC1)CC(=O)O. The van der Waals surface area contributed by atoms with Crippen LogP contribution in [0.5, 0.6) is 0 Å². The van der Waals surface area contributed by atoms with Crippen LogP contribution in [0.4, 0.5) is 0 Å². The van der Waals surface area contributed by atoms with E-state index in [-0.39, 0.29) is 68.1 Å². The zero-order valence-corrected chi connectivity index (χ0v) is 35.5. The quantitative estimate of drug-likeness (QED) is 0.0658. The van der Waals surface area contributed by atoms with Crippen LogP contribution in [0.25, 0.3) is 0 Å². The zero-order valence-electron chi connectivity index (χ0n) is 35.5. The second-order valence-electron chi connectivity index (χ2n) is 15.9. The van der Waals surface area contributed by atoms with Crippen LogP contribution in [0.1, 0.15) is 144 Å². The Morgan fingerprint density at radius 3 is 1.50 bits per heavy atom. The largest absolute Gasteiger partial charge is 0.481 e. The molecule has 0 bridgehead atoms. The van der Waals surface area contributed by atoms with Crippen molar-refractivity contribution in [2.75, 3.05) is 13.2 Å². The standard InChI is InChI=1S/C14H26N2O5.C10H19NO2.C6H13NO2.C5H11NO2.C4H9NO2/c1-9(2)6-14(15,7-12(17)18)16-11(13(19)20)5-10-3-4-21-8-10;11-9(7-10(12)13)6-5-8-3-1-2-4-8;1-2-3-5(7)4-6(8)9;1-2-4(6)3-5(7)8;1-3(5)2-4(6)7/h9-11,16H,3-8,15H2,1-2H3,(H,17,18)(H,19,20);8-9H,1-7,11H2,(H,12,13);5H,2-4,7H2,1H3,(H,8,9);4H,2-3,6H2,1H3,(H,7,8);3H,2,5H2,1H3,(H,6,7). The molecule has 17 N–H and O–H groups in total. The second kappa shape index (κ2) is 34.4. The highest BCUT2D eigenvalue weighted by Crippen LogP contribution is 2.29. The first kappa shape index (κ1) is 58.9. The van der Waals surface area contributed by atoms with Gasteiger partial charge in [-0.05, 0) is 69.6 Å². The van der Waals surface area contributed by atoms with E-state index in [0.717, 1.165) is 44.4 Å². The molecule has 0 amide bonds. The Balaban J connectivity index is -0.000000703. The van der Waals surface area contributed by atoms with E-state index >= 15 is 0 Å². The smallest absolute Gasteiger partial charge is 0.320 e. The number of carboxylic acids is 6. The lowest BCUT2D eigenvalue weighted by Crippen LogP contribution is -2.61. The fourth-order valence-electron chi connectivity index (χ4n) is 6.27. The highest BCUT2D eigenvalue weighted by atomic mass is 16.5. The summed E-state index contributed by atoms with van der Waals surface area (Å²) in [5, 5.41) is 54.1. The minimum atomic E-state index is -1.22. The molecule has 1 saturated heterocycles. The summed E-state index contributed by atoms with van der Waals surface area (Å²) >= 11 is 0. The third-order valence-corrected chi connectivity index (χ3v) is 9.00. The van der Waals surface area contributed by atoms with Crippen molar-refractivity contribution in [3.63, 3.8) is 0 Å². The average Bonchev–Trinajstić information content (AvgIpc) is 3.77. The van der Waals surface area contributed by atoms with E-state index in [1.807, 2.05) is 27.7 Å². The Labute approximate surface area is 344 Å². The van der Waals surface area contributed by atoms with Crippen LogP contribution in [0.2, 0.25) is 0 Å². The van der Waals surface area contributed by atoms with Gasteiger partial charge in [0.15, 0.2) is 0 Å². The monoisotopic (exact) mass is 839 g/mol. The van der Waals surface area contributed by atoms with Crippen LogP contribution in [0, 0.1) is 17.8 Å². The Morgan fingerprint density at radius 2 is 1.17 bits per heavy atom. The Kier molecular flexibility index (Phi) is 34.9. The maximum Gasteiger partial charge on any atom is 0.320 e. The molecule has 2 rings (SSSR count). The molecule has 0 radical (unpaired) electrons. The van der Waals surface area contributed by atoms with Crippen molar-refractivity contribution in [3.8, 4) is 0 Å². The molecule has 1 heterocycles. The van der Waals surface area contributed by atoms with Gasteiger partial charge in [-0.1, -0.05) is 59.8 Å². The van der Waals surface area contributed by atoms with Gasteiger partial charge in [0.05, 0.1) is 37.8 Å². The van der Waals surface area contributed by atoms with Crippen LogP contribution in [0.15, 0.2) is 0 Å². The summed E-state index contributed by atoms with van der Waals surface area (Å²) in [6.07, 6.45) is 11.4. The van der Waals surface area contributed by atoms with Gasteiger partial charge in [-0.3, -0.25) is 34.1 Å². The molecule has 342 valence electrons. The molecule has 1 aliphatic carbocycles. The highest BCUT2D eigenvalue weighted by Gasteiger charge is 2.35. The summed E-state index contributed by atoms with van der Waals surface area (Å²) in [5.41, 5.74) is 26.4. The number of nitrogens with two attached hydrogens (primary N) is 5. The molecule has 1 saturated carbocycles. The number of hydrogen-bond acceptors (Lipinski definition) is 13. The predicted octanol–water partition coefficient (Wildman–Crippen LogP) is 2.99. The number of rotatable bonds is 23. The van der Waals surface area contributed by atoms with Gasteiger partial charge in [0.2, 0.25) is 0 Å². The average molecular weight is 839 g/mol. The van der Waals surface area contributed by atoms with Crippen LogP contribution >= 0.6 is 0 Å². The van der Waals surface area contributed by atoms with E-state index < -0.39 is 47.5 Å². The number of nitrogens with one attached hydrogen (secondary N) is 1. The summed E-state index contributed by atoms with van der Waals surface area (Å²) < 4.78 is 5.25. The van der Waals surface area contributed by atoms with Gasteiger partial charge < -0.3 is 64.0 Å². The van der Waals surface area contributed by atoms with Crippen molar-refractivity contribution in [3.05, 3.63) is 0 Å². The number of ether oxygens (including phenoxy) is 1. The third kappa shape index (κ3) is 39.4. The van der Waals surface area contributed by atoms with Crippen molar-refractivity contribution < 1.29 is 64.1 Å². The zero-order chi connectivity index (χ0) is 45.4. The first-order chi connectivity index (χ1) is 26.9. The topological polar surface area (TPSA) is 375 Å². The van der Waals surface area contributed by atoms with Crippen LogP contribution in [-0.2, 0) is 33.5 Å². The molecule has 1 aliphatic heterocycles. The van der Waals surface area contributed by atoms with Crippen LogP contribution < -0.4 is 34.0 Å². The fraction of sp³-hybridized carbons (Fsp3) is 0.846. The third-order valence-electron chi connectivity index (χ3n) is 9.00. The lowest BCUT2D eigenvalue weighted by molar-refractivity contribution is -0.143. The number of carbonyl (C=O) groups is 6. The first-order valence-corrected chi connectivity index (χ1v) is 20.3. The minimum Gasteiger partial charge on any atom is -0.481 e.